The lowest BCUT2D eigenvalue weighted by Gasteiger charge is -2.13. The van der Waals surface area contributed by atoms with E-state index in [-0.39, 0.29) is 11.3 Å². The lowest BCUT2D eigenvalue weighted by atomic mass is 9.92. The predicted octanol–water partition coefficient (Wildman–Crippen LogP) is 3.89. The summed E-state index contributed by atoms with van der Waals surface area (Å²) in [5.41, 5.74) is 3.00. The van der Waals surface area contributed by atoms with Gasteiger partial charge in [0.1, 0.15) is 23.0 Å². The second kappa shape index (κ2) is 7.99. The van der Waals surface area contributed by atoms with Crippen LogP contribution in [0.25, 0.3) is 11.0 Å². The summed E-state index contributed by atoms with van der Waals surface area (Å²) < 4.78 is 9.76. The first kappa shape index (κ1) is 21.4. The van der Waals surface area contributed by atoms with Crippen LogP contribution in [0, 0.1) is 0 Å². The Balaban J connectivity index is 1.61. The summed E-state index contributed by atoms with van der Waals surface area (Å²) >= 11 is 0. The third kappa shape index (κ3) is 4.14. The topological polar surface area (TPSA) is 98.9 Å². The van der Waals surface area contributed by atoms with E-state index >= 15 is 0 Å². The van der Waals surface area contributed by atoms with Gasteiger partial charge in [-0.25, -0.2) is 4.98 Å². The number of carbonyl (C=O) groups is 1. The van der Waals surface area contributed by atoms with Gasteiger partial charge in [-0.2, -0.15) is 5.10 Å². The van der Waals surface area contributed by atoms with Gasteiger partial charge in [0, 0.05) is 51.0 Å². The first-order valence-electron chi connectivity index (χ1n) is 10.3. The summed E-state index contributed by atoms with van der Waals surface area (Å²) in [6.07, 6.45) is 1.55. The molecule has 0 spiro atoms. The molecule has 9 nitrogen and oxygen atoms in total. The number of benzene rings is 1. The summed E-state index contributed by atoms with van der Waals surface area (Å²) in [5.74, 6) is 2.47. The Morgan fingerprint density at radius 3 is 2.50 bits per heavy atom. The molecular weight excluding hydrogens is 406 g/mol. The van der Waals surface area contributed by atoms with Crippen LogP contribution < -0.4 is 15.4 Å². The molecule has 1 amide bonds. The molecule has 0 saturated carbocycles. The van der Waals surface area contributed by atoms with Gasteiger partial charge in [-0.15, -0.1) is 0 Å². The van der Waals surface area contributed by atoms with Gasteiger partial charge < -0.3 is 19.9 Å². The van der Waals surface area contributed by atoms with E-state index in [1.807, 2.05) is 47.6 Å². The first-order chi connectivity index (χ1) is 15.2. The average Bonchev–Trinajstić information content (AvgIpc) is 3.28. The van der Waals surface area contributed by atoms with E-state index in [1.54, 1.807) is 25.4 Å². The largest absolute Gasteiger partial charge is 0.457 e. The highest BCUT2D eigenvalue weighted by Gasteiger charge is 2.20. The molecular formula is C23H27N7O2. The summed E-state index contributed by atoms with van der Waals surface area (Å²) in [5, 5.41) is 10.5. The molecule has 0 unspecified atom stereocenters. The number of nitrogens with one attached hydrogen (secondary N) is 2. The molecule has 0 fully saturated rings. The molecule has 3 aromatic heterocycles. The fraction of sp³-hybridized carbons (Fsp3) is 0.304. The number of hydrogen-bond acceptors (Lipinski definition) is 6. The quantitative estimate of drug-likeness (QED) is 0.495. The molecule has 0 bridgehead atoms. The van der Waals surface area contributed by atoms with E-state index < -0.39 is 0 Å². The zero-order valence-corrected chi connectivity index (χ0v) is 19.1. The van der Waals surface area contributed by atoms with Crippen molar-refractivity contribution in [2.75, 3.05) is 12.4 Å². The predicted molar refractivity (Wildman–Crippen MR) is 124 cm³/mol. The molecule has 1 aromatic carbocycles. The van der Waals surface area contributed by atoms with Crippen LogP contribution in [0.5, 0.6) is 11.5 Å². The Labute approximate surface area is 186 Å². The number of imidazole rings is 1. The maximum absolute atomic E-state index is 11.8. The fourth-order valence-electron chi connectivity index (χ4n) is 3.27. The van der Waals surface area contributed by atoms with Gasteiger partial charge >= 0.3 is 0 Å². The number of fused-ring (bicyclic) bond motifs is 1. The van der Waals surface area contributed by atoms with Crippen LogP contribution in [0.1, 0.15) is 37.0 Å². The van der Waals surface area contributed by atoms with Crippen molar-refractivity contribution in [3.63, 3.8) is 0 Å². The Bertz CT molecular complexity index is 1300. The van der Waals surface area contributed by atoms with Gasteiger partial charge in [-0.1, -0.05) is 20.8 Å². The van der Waals surface area contributed by atoms with Crippen molar-refractivity contribution in [2.45, 2.75) is 26.2 Å². The monoisotopic (exact) mass is 433 g/mol. The smallest absolute Gasteiger partial charge is 0.269 e. The van der Waals surface area contributed by atoms with E-state index in [4.69, 9.17) is 9.72 Å². The van der Waals surface area contributed by atoms with Crippen molar-refractivity contribution in [3.05, 3.63) is 54.0 Å². The van der Waals surface area contributed by atoms with Gasteiger partial charge in [-0.3, -0.25) is 14.5 Å². The van der Waals surface area contributed by atoms with E-state index in [0.29, 0.717) is 23.1 Å². The molecule has 0 saturated heterocycles. The third-order valence-corrected chi connectivity index (χ3v) is 5.17. The minimum Gasteiger partial charge on any atom is -0.457 e. The zero-order valence-electron chi connectivity index (χ0n) is 19.1. The second-order valence-electron chi connectivity index (χ2n) is 8.62. The summed E-state index contributed by atoms with van der Waals surface area (Å²) in [6, 6.07) is 11.0. The molecule has 0 atom stereocenters. The number of ether oxygens (including phenoxy) is 1. The number of aryl methyl sites for hydroxylation is 2. The van der Waals surface area contributed by atoms with Gasteiger partial charge in [0.15, 0.2) is 0 Å². The van der Waals surface area contributed by atoms with Gasteiger partial charge in [0.05, 0.1) is 16.7 Å². The highest BCUT2D eigenvalue weighted by molar-refractivity contribution is 5.92. The van der Waals surface area contributed by atoms with E-state index in [9.17, 15) is 4.79 Å². The van der Waals surface area contributed by atoms with Crippen LogP contribution in [0.3, 0.4) is 0 Å². The third-order valence-electron chi connectivity index (χ3n) is 5.17. The van der Waals surface area contributed by atoms with E-state index in [2.05, 4.69) is 41.5 Å². The van der Waals surface area contributed by atoms with E-state index in [1.165, 1.54) is 0 Å². The maximum Gasteiger partial charge on any atom is 0.269 e. The van der Waals surface area contributed by atoms with Crippen molar-refractivity contribution in [1.82, 2.24) is 29.6 Å². The SMILES string of the molecule is CNC(=O)c1cc(Oc2ccc3nc(Nc4cc(C(C)(C)C)nn4C)n(C)c3c2)ccn1. The van der Waals surface area contributed by atoms with Crippen molar-refractivity contribution < 1.29 is 9.53 Å². The summed E-state index contributed by atoms with van der Waals surface area (Å²) in [4.78, 5) is 20.6. The Morgan fingerprint density at radius 2 is 1.81 bits per heavy atom. The van der Waals surface area contributed by atoms with Crippen molar-refractivity contribution in [1.29, 1.82) is 0 Å². The van der Waals surface area contributed by atoms with Crippen LogP contribution in [0.4, 0.5) is 11.8 Å². The lowest BCUT2D eigenvalue weighted by Crippen LogP contribution is -2.18. The highest BCUT2D eigenvalue weighted by Crippen LogP contribution is 2.29. The van der Waals surface area contributed by atoms with Gasteiger partial charge in [0.25, 0.3) is 5.91 Å². The molecule has 3 heterocycles. The minimum absolute atomic E-state index is 0.0408. The van der Waals surface area contributed by atoms with E-state index in [0.717, 1.165) is 22.5 Å². The van der Waals surface area contributed by atoms with Crippen molar-refractivity contribution in [2.24, 2.45) is 14.1 Å². The van der Waals surface area contributed by atoms with Crippen LogP contribution >= 0.6 is 0 Å². The Hall–Kier alpha value is -3.88. The van der Waals surface area contributed by atoms with Crippen molar-refractivity contribution in [3.8, 4) is 11.5 Å². The second-order valence-corrected chi connectivity index (χ2v) is 8.62. The number of carbonyl (C=O) groups excluding carboxylic acids is 1. The molecule has 0 aliphatic carbocycles. The maximum atomic E-state index is 11.8. The standard InChI is InChI=1S/C23H27N7O2/c1-23(2,3)19-13-20(30(6)28-19)27-22-26-16-8-7-14(12-18(16)29(22)5)32-15-9-10-25-17(11-15)21(31)24-4/h7-13H,1-6H3,(H,24,31)(H,26,27). The molecule has 0 radical (unpaired) electrons. The molecule has 32 heavy (non-hydrogen) atoms. The number of amides is 1. The van der Waals surface area contributed by atoms with Crippen LogP contribution in [-0.2, 0) is 19.5 Å². The molecule has 2 N–H and O–H groups in total. The zero-order chi connectivity index (χ0) is 23.0. The molecule has 0 aliphatic rings. The van der Waals surface area contributed by atoms with Crippen LogP contribution in [0.15, 0.2) is 42.6 Å². The minimum atomic E-state index is -0.266. The molecule has 9 heteroatoms. The summed E-state index contributed by atoms with van der Waals surface area (Å²) in [6.45, 7) is 6.41. The molecule has 4 rings (SSSR count). The first-order valence-corrected chi connectivity index (χ1v) is 10.3. The van der Waals surface area contributed by atoms with Crippen LogP contribution in [0.2, 0.25) is 0 Å². The highest BCUT2D eigenvalue weighted by atomic mass is 16.5. The Kier molecular flexibility index (Phi) is 5.33. The van der Waals surface area contributed by atoms with Crippen LogP contribution in [-0.4, -0.2) is 37.3 Å². The Morgan fingerprint density at radius 1 is 1.06 bits per heavy atom. The molecule has 4 aromatic rings. The number of anilines is 2. The number of aromatic nitrogens is 5. The average molecular weight is 434 g/mol. The normalized spacial score (nSPS) is 11.6. The van der Waals surface area contributed by atoms with Crippen molar-refractivity contribution >= 4 is 28.7 Å². The summed E-state index contributed by atoms with van der Waals surface area (Å²) in [7, 11) is 5.42. The number of rotatable bonds is 5. The van der Waals surface area contributed by atoms with Gasteiger partial charge in [-0.05, 0) is 18.2 Å². The molecule has 0 aliphatic heterocycles. The number of pyridine rings is 1. The fourth-order valence-corrected chi connectivity index (χ4v) is 3.27. The molecule has 166 valence electrons. The number of nitrogens with zero attached hydrogens (tertiary/aromatic N) is 5. The lowest BCUT2D eigenvalue weighted by molar-refractivity contribution is 0.0958. The number of hydrogen-bond donors (Lipinski definition) is 2. The van der Waals surface area contributed by atoms with Gasteiger partial charge in [0.2, 0.25) is 5.95 Å².